The summed E-state index contributed by atoms with van der Waals surface area (Å²) in [5, 5.41) is 4.20. The number of hydrogen-bond donors (Lipinski definition) is 1. The summed E-state index contributed by atoms with van der Waals surface area (Å²) in [6, 6.07) is 3.75. The molecule has 4 nitrogen and oxygen atoms in total. The van der Waals surface area contributed by atoms with E-state index in [9.17, 15) is 4.79 Å². The van der Waals surface area contributed by atoms with Gasteiger partial charge < -0.3 is 0 Å². The van der Waals surface area contributed by atoms with Gasteiger partial charge in [-0.1, -0.05) is 25.5 Å². The lowest BCUT2D eigenvalue weighted by molar-refractivity contribution is -0.123. The Labute approximate surface area is 126 Å². The van der Waals surface area contributed by atoms with Crippen LogP contribution in [0.4, 0.5) is 0 Å². The van der Waals surface area contributed by atoms with Crippen molar-refractivity contribution >= 4 is 11.6 Å². The Kier molecular flexibility index (Phi) is 4.26. The number of nitrogens with zero attached hydrogens (tertiary/aromatic N) is 2. The predicted octanol–water partition coefficient (Wildman–Crippen LogP) is 3.16. The number of allylic oxidation sites excluding steroid dienone is 2. The number of aromatic nitrogens is 1. The van der Waals surface area contributed by atoms with Gasteiger partial charge in [0.05, 0.1) is 11.6 Å². The van der Waals surface area contributed by atoms with E-state index in [1.165, 1.54) is 5.57 Å². The number of carbonyl (C=O) groups excluding carboxylic acids is 1. The maximum absolute atomic E-state index is 12.3. The van der Waals surface area contributed by atoms with Gasteiger partial charge in [-0.2, -0.15) is 5.10 Å². The number of pyridine rings is 1. The number of hydrazone groups is 1. The molecule has 2 rings (SSSR count). The largest absolute Gasteiger partial charge is 0.273 e. The molecule has 0 radical (unpaired) electrons. The summed E-state index contributed by atoms with van der Waals surface area (Å²) in [7, 11) is 0. The summed E-state index contributed by atoms with van der Waals surface area (Å²) in [5.74, 6) is 0.302. The highest BCUT2D eigenvalue weighted by Crippen LogP contribution is 2.59. The van der Waals surface area contributed by atoms with Crippen LogP contribution >= 0.6 is 0 Å². The lowest BCUT2D eigenvalue weighted by atomic mass is 10.1. The fourth-order valence-electron chi connectivity index (χ4n) is 2.71. The smallest absolute Gasteiger partial charge is 0.244 e. The van der Waals surface area contributed by atoms with Gasteiger partial charge in [-0.05, 0) is 44.2 Å². The van der Waals surface area contributed by atoms with Crippen molar-refractivity contribution in [1.29, 1.82) is 0 Å². The highest BCUT2D eigenvalue weighted by molar-refractivity contribution is 5.99. The van der Waals surface area contributed by atoms with Crippen LogP contribution in [0.25, 0.3) is 0 Å². The number of nitrogens with one attached hydrogen (secondary N) is 1. The molecule has 0 bridgehead atoms. The van der Waals surface area contributed by atoms with Crippen molar-refractivity contribution in [3.05, 3.63) is 41.7 Å². The topological polar surface area (TPSA) is 54.4 Å². The van der Waals surface area contributed by atoms with Gasteiger partial charge in [0.25, 0.3) is 0 Å². The highest BCUT2D eigenvalue weighted by Gasteiger charge is 2.60. The summed E-state index contributed by atoms with van der Waals surface area (Å²) >= 11 is 0. The maximum Gasteiger partial charge on any atom is 0.244 e. The summed E-state index contributed by atoms with van der Waals surface area (Å²) in [5.41, 5.74) is 5.71. The monoisotopic (exact) mass is 285 g/mol. The standard InChI is InChI=1S/C17H23N3O/c1-11(2)10-14-15(17(14,4)5)16(21)20-19-12(3)13-6-8-18-9-7-13/h6-10,14-15H,1-5H3,(H,20,21). The third-order valence-electron chi connectivity index (χ3n) is 4.14. The van der Waals surface area contributed by atoms with Crippen molar-refractivity contribution in [2.45, 2.75) is 34.6 Å². The summed E-state index contributed by atoms with van der Waals surface area (Å²) in [4.78, 5) is 16.3. The molecule has 1 heterocycles. The van der Waals surface area contributed by atoms with Crippen LogP contribution in [0.5, 0.6) is 0 Å². The Balaban J connectivity index is 2.02. The molecular formula is C17H23N3O. The molecule has 1 fully saturated rings. The number of carbonyl (C=O) groups is 1. The molecule has 0 aliphatic heterocycles. The van der Waals surface area contributed by atoms with E-state index in [1.807, 2.05) is 19.1 Å². The van der Waals surface area contributed by atoms with Gasteiger partial charge in [0.2, 0.25) is 5.91 Å². The molecule has 1 aromatic rings. The summed E-state index contributed by atoms with van der Waals surface area (Å²) in [6.45, 7) is 10.3. The van der Waals surface area contributed by atoms with Crippen LogP contribution < -0.4 is 5.43 Å². The molecule has 1 aliphatic rings. The second-order valence-electron chi connectivity index (χ2n) is 6.48. The first-order chi connectivity index (χ1) is 9.84. The van der Waals surface area contributed by atoms with Crippen LogP contribution in [0.1, 0.15) is 40.2 Å². The quantitative estimate of drug-likeness (QED) is 0.525. The first-order valence-electron chi connectivity index (χ1n) is 7.23. The molecule has 1 aromatic heterocycles. The third-order valence-corrected chi connectivity index (χ3v) is 4.14. The van der Waals surface area contributed by atoms with Gasteiger partial charge in [0, 0.05) is 18.0 Å². The molecule has 2 atom stereocenters. The van der Waals surface area contributed by atoms with E-state index in [2.05, 4.69) is 49.3 Å². The Bertz CT molecular complexity index is 583. The Morgan fingerprint density at radius 2 is 1.90 bits per heavy atom. The number of amides is 1. The first-order valence-corrected chi connectivity index (χ1v) is 7.23. The van der Waals surface area contributed by atoms with Crippen molar-refractivity contribution in [3.8, 4) is 0 Å². The van der Waals surface area contributed by atoms with E-state index in [1.54, 1.807) is 12.4 Å². The zero-order valence-electron chi connectivity index (χ0n) is 13.3. The molecular weight excluding hydrogens is 262 g/mol. The molecule has 112 valence electrons. The van der Waals surface area contributed by atoms with Crippen molar-refractivity contribution in [2.75, 3.05) is 0 Å². The fraction of sp³-hybridized carbons (Fsp3) is 0.471. The SMILES string of the molecule is CC(C)=CC1C(C(=O)NN=C(C)c2ccncc2)C1(C)C. The average Bonchev–Trinajstić information content (AvgIpc) is 2.97. The van der Waals surface area contributed by atoms with E-state index in [0.29, 0.717) is 5.92 Å². The van der Waals surface area contributed by atoms with Crippen molar-refractivity contribution < 1.29 is 4.79 Å². The second kappa shape index (κ2) is 5.80. The molecule has 0 aromatic carbocycles. The molecule has 1 aliphatic carbocycles. The summed E-state index contributed by atoms with van der Waals surface area (Å²) in [6.07, 6.45) is 5.61. The third kappa shape index (κ3) is 3.38. The van der Waals surface area contributed by atoms with Crippen molar-refractivity contribution in [2.24, 2.45) is 22.4 Å². The number of hydrogen-bond acceptors (Lipinski definition) is 3. The van der Waals surface area contributed by atoms with E-state index in [0.717, 1.165) is 11.3 Å². The van der Waals surface area contributed by atoms with Crippen LogP contribution in [0.2, 0.25) is 0 Å². The van der Waals surface area contributed by atoms with Crippen LogP contribution in [-0.2, 0) is 4.79 Å². The van der Waals surface area contributed by atoms with Gasteiger partial charge in [0.15, 0.2) is 0 Å². The molecule has 21 heavy (non-hydrogen) atoms. The zero-order valence-corrected chi connectivity index (χ0v) is 13.3. The van der Waals surface area contributed by atoms with Crippen LogP contribution in [0.3, 0.4) is 0 Å². The molecule has 0 spiro atoms. The van der Waals surface area contributed by atoms with Crippen LogP contribution in [-0.4, -0.2) is 16.6 Å². The van der Waals surface area contributed by atoms with Gasteiger partial charge in [-0.15, -0.1) is 0 Å². The molecule has 1 N–H and O–H groups in total. The van der Waals surface area contributed by atoms with Crippen LogP contribution in [0, 0.1) is 17.3 Å². The fourth-order valence-corrected chi connectivity index (χ4v) is 2.71. The lowest BCUT2D eigenvalue weighted by Crippen LogP contribution is -2.23. The van der Waals surface area contributed by atoms with Gasteiger partial charge >= 0.3 is 0 Å². The zero-order chi connectivity index (χ0) is 15.6. The Hall–Kier alpha value is -1.97. The van der Waals surface area contributed by atoms with Gasteiger partial charge in [0.1, 0.15) is 0 Å². The van der Waals surface area contributed by atoms with Crippen LogP contribution in [0.15, 0.2) is 41.3 Å². The average molecular weight is 285 g/mol. The number of rotatable bonds is 4. The van der Waals surface area contributed by atoms with Gasteiger partial charge in [-0.25, -0.2) is 5.43 Å². The van der Waals surface area contributed by atoms with E-state index < -0.39 is 0 Å². The minimum absolute atomic E-state index is 0.00129. The van der Waals surface area contributed by atoms with Crippen molar-refractivity contribution in [3.63, 3.8) is 0 Å². The van der Waals surface area contributed by atoms with E-state index in [4.69, 9.17) is 0 Å². The Morgan fingerprint density at radius 3 is 2.48 bits per heavy atom. The maximum atomic E-state index is 12.3. The Morgan fingerprint density at radius 1 is 1.29 bits per heavy atom. The minimum Gasteiger partial charge on any atom is -0.273 e. The second-order valence-corrected chi connectivity index (χ2v) is 6.48. The van der Waals surface area contributed by atoms with Gasteiger partial charge in [-0.3, -0.25) is 9.78 Å². The van der Waals surface area contributed by atoms with E-state index in [-0.39, 0.29) is 17.2 Å². The minimum atomic E-state index is -0.00379. The molecule has 4 heteroatoms. The normalized spacial score (nSPS) is 23.4. The predicted molar refractivity (Wildman–Crippen MR) is 84.8 cm³/mol. The van der Waals surface area contributed by atoms with E-state index >= 15 is 0 Å². The molecule has 0 saturated heterocycles. The summed E-state index contributed by atoms with van der Waals surface area (Å²) < 4.78 is 0. The molecule has 1 saturated carbocycles. The molecule has 1 amide bonds. The first kappa shape index (κ1) is 15.4. The lowest BCUT2D eigenvalue weighted by Gasteiger charge is -2.03. The highest BCUT2D eigenvalue weighted by atomic mass is 16.2. The van der Waals surface area contributed by atoms with Crippen molar-refractivity contribution in [1.82, 2.24) is 10.4 Å². The molecule has 2 unspecified atom stereocenters.